The Hall–Kier alpha value is -4.80. The van der Waals surface area contributed by atoms with Crippen LogP contribution in [0.25, 0.3) is 10.9 Å². The minimum atomic E-state index is -0.745. The first kappa shape index (κ1) is 98.3. The van der Waals surface area contributed by atoms with Crippen LogP contribution in [0.5, 0.6) is 5.75 Å². The number of carboxylic acid groups (broad SMARTS) is 1. The van der Waals surface area contributed by atoms with Gasteiger partial charge in [-0.3, -0.25) is 15.0 Å². The quantitative estimate of drug-likeness (QED) is 0.0285. The van der Waals surface area contributed by atoms with Crippen molar-refractivity contribution >= 4 is 53.0 Å². The SMILES string of the molecule is C.CCC.CCC(=O)O.CCC(CC)CC.CCC(N)=O.CCC(O)CC.CCCC(=N)N.CCN.CCO.CCS.CCSC.CCc1c[nH]c2ccccc12.CCc1ccc(O)cc1.CCc1ccccc1.CCc1cnc[nH]1. The first-order chi connectivity index (χ1) is 38.1. The maximum Gasteiger partial charge on any atom is 0.303 e. The number of imidazole rings is 1. The zero-order valence-corrected chi connectivity index (χ0v) is 56.0. The Morgan fingerprint density at radius 2 is 1.07 bits per heavy atom. The number of aryl methyl sites for hydroxylation is 4. The number of primary amides is 1. The molecule has 0 fully saturated rings. The van der Waals surface area contributed by atoms with E-state index in [2.05, 4.69) is 164 Å². The van der Waals surface area contributed by atoms with Gasteiger partial charge < -0.3 is 47.6 Å². The summed E-state index contributed by atoms with van der Waals surface area (Å²) in [5.41, 5.74) is 21.0. The van der Waals surface area contributed by atoms with Gasteiger partial charge in [-0.15, -0.1) is 0 Å². The summed E-state index contributed by atoms with van der Waals surface area (Å²) in [6, 6.07) is 26.1. The highest BCUT2D eigenvalue weighted by atomic mass is 32.2. The summed E-state index contributed by atoms with van der Waals surface area (Å²) in [6.07, 6.45) is 21.4. The molecule has 0 aliphatic carbocycles. The number of aliphatic hydroxyl groups is 2. The first-order valence-electron chi connectivity index (χ1n) is 29.4. The number of thiol groups is 1. The number of thioether (sulfide) groups is 1. The third-order valence-corrected chi connectivity index (χ3v) is 10.3. The fraction of sp³-hybridized carbons (Fsp3) is 0.606. The molecule has 2 aromatic heterocycles. The van der Waals surface area contributed by atoms with Crippen molar-refractivity contribution in [2.45, 2.75) is 228 Å². The topological polar surface area (TPSA) is 261 Å². The summed E-state index contributed by atoms with van der Waals surface area (Å²) < 4.78 is 0. The van der Waals surface area contributed by atoms with E-state index in [0.717, 1.165) is 69.6 Å². The number of aliphatic hydroxyl groups excluding tert-OH is 2. The molecule has 5 rings (SSSR count). The van der Waals surface area contributed by atoms with Gasteiger partial charge in [0.15, 0.2) is 0 Å². The second kappa shape index (κ2) is 86.5. The van der Waals surface area contributed by atoms with Crippen LogP contribution in [-0.2, 0) is 35.3 Å². The first-order valence-corrected chi connectivity index (χ1v) is 31.4. The van der Waals surface area contributed by atoms with Crippen LogP contribution in [0, 0.1) is 11.3 Å². The minimum Gasteiger partial charge on any atom is -0.508 e. The molecular formula is C66H129N7O6S2. The van der Waals surface area contributed by atoms with Gasteiger partial charge in [-0.1, -0.05) is 211 Å². The normalized spacial score (nSPS) is 8.60. The number of aliphatic carboxylic acids is 1. The van der Waals surface area contributed by atoms with Crippen LogP contribution in [0.2, 0.25) is 0 Å². The second-order valence-electron chi connectivity index (χ2n) is 16.7. The van der Waals surface area contributed by atoms with Crippen LogP contribution < -0.4 is 17.2 Å². The number of carbonyl (C=O) groups excluding carboxylic acids is 1. The van der Waals surface area contributed by atoms with Gasteiger partial charge in [-0.25, -0.2) is 4.98 Å². The molecule has 3 aromatic carbocycles. The number of carbonyl (C=O) groups is 2. The summed E-state index contributed by atoms with van der Waals surface area (Å²) in [5, 5.41) is 40.8. The van der Waals surface area contributed by atoms with E-state index in [9.17, 15) is 9.59 Å². The molecule has 5 aromatic rings. The number of nitrogens with two attached hydrogens (primary N) is 3. The molecule has 13 nitrogen and oxygen atoms in total. The molecule has 0 bridgehead atoms. The summed E-state index contributed by atoms with van der Waals surface area (Å²) in [7, 11) is 0. The van der Waals surface area contributed by atoms with Crippen molar-refractivity contribution in [2.24, 2.45) is 23.1 Å². The van der Waals surface area contributed by atoms with Crippen LogP contribution in [0.4, 0.5) is 0 Å². The number of amides is 1. The lowest BCUT2D eigenvalue weighted by Gasteiger charge is -2.05. The summed E-state index contributed by atoms with van der Waals surface area (Å²) in [4.78, 5) is 29.0. The predicted octanol–water partition coefficient (Wildman–Crippen LogP) is 17.3. The van der Waals surface area contributed by atoms with Gasteiger partial charge in [0.25, 0.3) is 0 Å². The zero-order valence-electron chi connectivity index (χ0n) is 54.3. The Morgan fingerprint density at radius 1 is 0.679 bits per heavy atom. The molecule has 0 radical (unpaired) electrons. The van der Waals surface area contributed by atoms with Crippen molar-refractivity contribution in [1.82, 2.24) is 15.0 Å². The number of amidine groups is 1. The molecule has 476 valence electrons. The maximum atomic E-state index is 9.59. The average molecular weight is 1180 g/mol. The molecule has 2 heterocycles. The Morgan fingerprint density at radius 3 is 1.30 bits per heavy atom. The average Bonchev–Trinajstić information content (AvgIpc) is 4.17. The number of H-pyrrole nitrogens is 2. The lowest BCUT2D eigenvalue weighted by molar-refractivity contribution is -0.136. The fourth-order valence-corrected chi connectivity index (χ4v) is 4.77. The van der Waals surface area contributed by atoms with Gasteiger partial charge in [0.05, 0.1) is 18.3 Å². The highest BCUT2D eigenvalue weighted by molar-refractivity contribution is 7.98. The van der Waals surface area contributed by atoms with Crippen LogP contribution in [0.3, 0.4) is 0 Å². The lowest BCUT2D eigenvalue weighted by Crippen LogP contribution is -2.07. The molecule has 0 aliphatic heterocycles. The van der Waals surface area contributed by atoms with Crippen LogP contribution >= 0.6 is 24.4 Å². The molecular weight excluding hydrogens is 1050 g/mol. The van der Waals surface area contributed by atoms with Crippen LogP contribution in [-0.4, -0.2) is 90.1 Å². The largest absolute Gasteiger partial charge is 0.508 e. The number of nitrogens with zero attached hydrogens (tertiary/aromatic N) is 1. The fourth-order valence-electron chi connectivity index (χ4n) is 4.77. The molecule has 0 spiro atoms. The number of hydrogen-bond donors (Lipinski definition) is 11. The van der Waals surface area contributed by atoms with E-state index in [1.165, 1.54) is 64.7 Å². The number of fused-ring (bicyclic) bond motifs is 1. The molecule has 15 heteroatoms. The van der Waals surface area contributed by atoms with E-state index in [0.29, 0.717) is 12.2 Å². The molecule has 1 amide bonds. The Bertz CT molecular complexity index is 1830. The molecule has 0 unspecified atom stereocenters. The predicted molar refractivity (Wildman–Crippen MR) is 368 cm³/mol. The number of carboxylic acids is 1. The van der Waals surface area contributed by atoms with Crippen molar-refractivity contribution in [3.05, 3.63) is 120 Å². The highest BCUT2D eigenvalue weighted by Crippen LogP contribution is 2.17. The van der Waals surface area contributed by atoms with Gasteiger partial charge in [0.1, 0.15) is 5.75 Å². The Balaban J connectivity index is -0.0000000854. The zero-order chi connectivity index (χ0) is 63.8. The number of phenols is 1. The van der Waals surface area contributed by atoms with Gasteiger partial charge in [-0.05, 0) is 117 Å². The number of aromatic amines is 2. The van der Waals surface area contributed by atoms with E-state index < -0.39 is 5.97 Å². The lowest BCUT2D eigenvalue weighted by atomic mass is 10.0. The summed E-state index contributed by atoms with van der Waals surface area (Å²) >= 11 is 5.65. The number of para-hydroxylation sites is 1. The van der Waals surface area contributed by atoms with Crippen molar-refractivity contribution in [3.8, 4) is 5.75 Å². The Kier molecular flexibility index (Phi) is 105. The van der Waals surface area contributed by atoms with Crippen molar-refractivity contribution < 1.29 is 30.0 Å². The third kappa shape index (κ3) is 91.9. The van der Waals surface area contributed by atoms with E-state index in [4.69, 9.17) is 37.3 Å². The van der Waals surface area contributed by atoms with Crippen molar-refractivity contribution in [1.29, 1.82) is 5.41 Å². The van der Waals surface area contributed by atoms with Crippen LogP contribution in [0.1, 0.15) is 219 Å². The standard InChI is InChI=1S/C10H11N.C8H10O.C8H10.C7H16.C5H8N2.C5H12O.C4H10N2.C3H7NO.C3H6O2.C3H8S.C3H8.C2H7N.C2H6O.C2H6S.CH4/c1-2-8-7-11-10-6-4-3-5-9(8)10;1-2-7-3-5-8(9)6-4-7;1-2-8-6-4-3-5-7-8;1-4-7(5-2)6-3;1-2-5-3-6-4-7-5;1-3-5(6)4-2;1-2-3-4(5)6;2*1-2-3(4)5;1-3-4-2;1-3-2;3*1-2-3;/h3-7,11H,2H2,1H3;3-6,9H,2H2,1H3;3-7H,2H2,1H3;7H,4-6H2,1-3H3;3-4H,2H2,1H3,(H,6,7);5-6H,3-4H2,1-2H3;2-3H2,1H3,(H3,5,6);2H2,1H3,(H2,4,5);2H2,1H3,(H,4,5);3H2,1-2H3;3H2,1-2H3;2-3H2,1H3;2*3H,2H2,1H3;1H4. The van der Waals surface area contributed by atoms with Crippen molar-refractivity contribution in [2.75, 3.05) is 30.9 Å². The van der Waals surface area contributed by atoms with Crippen LogP contribution in [0.15, 0.2) is 97.6 Å². The van der Waals surface area contributed by atoms with Crippen molar-refractivity contribution in [3.63, 3.8) is 0 Å². The molecule has 13 N–H and O–H groups in total. The number of phenolic OH excluding ortho intramolecular Hbond substituents is 1. The van der Waals surface area contributed by atoms with Gasteiger partial charge >= 0.3 is 5.97 Å². The number of aromatic hydroxyl groups is 1. The number of aromatic nitrogens is 3. The molecule has 0 atom stereocenters. The molecule has 0 saturated carbocycles. The number of hydrogen-bond acceptors (Lipinski definition) is 10. The van der Waals surface area contributed by atoms with E-state index >= 15 is 0 Å². The van der Waals surface area contributed by atoms with E-state index in [1.54, 1.807) is 39.2 Å². The minimum absolute atomic E-state index is 0. The molecule has 0 aliphatic rings. The second-order valence-corrected chi connectivity index (χ2v) is 18.5. The van der Waals surface area contributed by atoms with Gasteiger partial charge in [0, 0.05) is 54.9 Å². The number of rotatable bonds is 14. The highest BCUT2D eigenvalue weighted by Gasteiger charge is 1.98. The van der Waals surface area contributed by atoms with Gasteiger partial charge in [-0.2, -0.15) is 24.4 Å². The summed E-state index contributed by atoms with van der Waals surface area (Å²) in [5.74, 6) is 2.81. The van der Waals surface area contributed by atoms with E-state index in [-0.39, 0.29) is 38.3 Å². The van der Waals surface area contributed by atoms with Gasteiger partial charge in [0.2, 0.25) is 5.91 Å². The molecule has 0 saturated heterocycles. The number of nitrogens with one attached hydrogen (secondary N) is 3. The monoisotopic (exact) mass is 1180 g/mol. The smallest absolute Gasteiger partial charge is 0.303 e. The van der Waals surface area contributed by atoms with E-state index in [1.807, 2.05) is 70.8 Å². The maximum absolute atomic E-state index is 9.59. The number of benzene rings is 3. The third-order valence-electron chi connectivity index (χ3n) is 9.72. The molecule has 81 heavy (non-hydrogen) atoms. The Labute approximate surface area is 508 Å². The summed E-state index contributed by atoms with van der Waals surface area (Å²) in [6.45, 7) is 37.6.